The first-order valence-corrected chi connectivity index (χ1v) is 11.3. The second-order valence-electron chi connectivity index (χ2n) is 8.75. The summed E-state index contributed by atoms with van der Waals surface area (Å²) >= 11 is 0. The van der Waals surface area contributed by atoms with E-state index in [1.54, 1.807) is 6.07 Å². The van der Waals surface area contributed by atoms with Gasteiger partial charge in [0.15, 0.2) is 0 Å². The fourth-order valence-electron chi connectivity index (χ4n) is 4.04. The maximum absolute atomic E-state index is 13.1. The minimum Gasteiger partial charge on any atom is -0.366 e. The topological polar surface area (TPSA) is 73.5 Å². The molecule has 33 heavy (non-hydrogen) atoms. The van der Waals surface area contributed by atoms with E-state index in [0.717, 1.165) is 30.8 Å². The van der Waals surface area contributed by atoms with Crippen LogP contribution in [0.25, 0.3) is 0 Å². The number of benzene rings is 3. The molecular weight excluding hydrogens is 412 g/mol. The van der Waals surface area contributed by atoms with Gasteiger partial charge in [-0.25, -0.2) is 4.79 Å². The molecule has 1 aliphatic rings. The number of fused-ring (bicyclic) bond motifs is 1. The number of anilines is 3. The van der Waals surface area contributed by atoms with Gasteiger partial charge < -0.3 is 20.9 Å². The van der Waals surface area contributed by atoms with Crippen LogP contribution in [0.5, 0.6) is 0 Å². The van der Waals surface area contributed by atoms with Crippen LogP contribution in [-0.2, 0) is 13.0 Å². The summed E-state index contributed by atoms with van der Waals surface area (Å²) in [7, 11) is 0. The SMILES string of the molecule is Cc1ccc(NC(=O)Nc2ccc(N3CCc4ccccc4C3)c(C(=O)NC(C)C)c2)cc1. The lowest BCUT2D eigenvalue weighted by molar-refractivity contribution is 0.0943. The van der Waals surface area contributed by atoms with E-state index in [-0.39, 0.29) is 18.0 Å². The second-order valence-corrected chi connectivity index (χ2v) is 8.75. The maximum atomic E-state index is 13.1. The number of amides is 3. The zero-order valence-corrected chi connectivity index (χ0v) is 19.3. The standard InChI is InChI=1S/C27H30N4O2/c1-18(2)28-26(32)24-16-23(30-27(33)29-22-10-8-19(3)9-11-22)12-13-25(24)31-15-14-20-6-4-5-7-21(20)17-31/h4-13,16,18H,14-15,17H2,1-3H3,(H,28,32)(H2,29,30,33). The number of carbonyl (C=O) groups excluding carboxylic acids is 2. The third-order valence-corrected chi connectivity index (χ3v) is 5.70. The molecule has 0 radical (unpaired) electrons. The Balaban J connectivity index is 1.56. The minimum atomic E-state index is -0.353. The predicted octanol–water partition coefficient (Wildman–Crippen LogP) is 5.34. The molecule has 3 aromatic rings. The lowest BCUT2D eigenvalue weighted by Crippen LogP contribution is -2.35. The lowest BCUT2D eigenvalue weighted by Gasteiger charge is -2.32. The second kappa shape index (κ2) is 9.77. The number of hydrogen-bond donors (Lipinski definition) is 3. The number of hydrogen-bond acceptors (Lipinski definition) is 3. The first kappa shape index (κ1) is 22.4. The van der Waals surface area contributed by atoms with E-state index < -0.39 is 0 Å². The Morgan fingerprint density at radius 1 is 0.879 bits per heavy atom. The highest BCUT2D eigenvalue weighted by Crippen LogP contribution is 2.30. The number of urea groups is 1. The molecule has 6 nitrogen and oxygen atoms in total. The van der Waals surface area contributed by atoms with Crippen molar-refractivity contribution in [1.82, 2.24) is 5.32 Å². The van der Waals surface area contributed by atoms with Crippen LogP contribution >= 0.6 is 0 Å². The quantitative estimate of drug-likeness (QED) is 0.499. The summed E-state index contributed by atoms with van der Waals surface area (Å²) < 4.78 is 0. The fourth-order valence-corrected chi connectivity index (χ4v) is 4.04. The molecule has 0 atom stereocenters. The molecule has 0 aliphatic carbocycles. The van der Waals surface area contributed by atoms with Crippen molar-refractivity contribution in [2.75, 3.05) is 22.1 Å². The van der Waals surface area contributed by atoms with Gasteiger partial charge in [-0.2, -0.15) is 0 Å². The normalized spacial score (nSPS) is 12.8. The van der Waals surface area contributed by atoms with Crippen molar-refractivity contribution in [3.8, 4) is 0 Å². The van der Waals surface area contributed by atoms with Gasteiger partial charge in [-0.1, -0.05) is 42.0 Å². The van der Waals surface area contributed by atoms with Gasteiger partial charge in [-0.15, -0.1) is 0 Å². The van der Waals surface area contributed by atoms with Gasteiger partial charge in [0.1, 0.15) is 0 Å². The number of aryl methyl sites for hydroxylation is 1. The summed E-state index contributed by atoms with van der Waals surface area (Å²) in [6.45, 7) is 7.45. The number of nitrogens with zero attached hydrogens (tertiary/aromatic N) is 1. The summed E-state index contributed by atoms with van der Waals surface area (Å²) in [5.74, 6) is -0.151. The Morgan fingerprint density at radius 2 is 1.55 bits per heavy atom. The molecule has 0 bridgehead atoms. The molecule has 1 heterocycles. The predicted molar refractivity (Wildman–Crippen MR) is 134 cm³/mol. The van der Waals surface area contributed by atoms with Crippen LogP contribution in [0.15, 0.2) is 66.7 Å². The highest BCUT2D eigenvalue weighted by Gasteiger charge is 2.22. The Bertz CT molecular complexity index is 1160. The van der Waals surface area contributed by atoms with Crippen LogP contribution in [0, 0.1) is 6.92 Å². The third kappa shape index (κ3) is 5.52. The van der Waals surface area contributed by atoms with Crippen molar-refractivity contribution >= 4 is 29.0 Å². The van der Waals surface area contributed by atoms with E-state index >= 15 is 0 Å². The Kier molecular flexibility index (Phi) is 6.63. The van der Waals surface area contributed by atoms with Gasteiger partial charge in [-0.05, 0) is 68.7 Å². The van der Waals surface area contributed by atoms with Crippen molar-refractivity contribution in [2.24, 2.45) is 0 Å². The van der Waals surface area contributed by atoms with Crippen molar-refractivity contribution in [2.45, 2.75) is 39.8 Å². The molecule has 0 aromatic heterocycles. The van der Waals surface area contributed by atoms with Crippen molar-refractivity contribution in [1.29, 1.82) is 0 Å². The van der Waals surface area contributed by atoms with E-state index in [1.807, 2.05) is 63.2 Å². The van der Waals surface area contributed by atoms with Crippen LogP contribution in [0.1, 0.15) is 40.9 Å². The zero-order valence-electron chi connectivity index (χ0n) is 19.3. The molecule has 170 valence electrons. The molecule has 3 aromatic carbocycles. The molecule has 0 spiro atoms. The number of nitrogens with one attached hydrogen (secondary N) is 3. The first-order chi connectivity index (χ1) is 15.9. The van der Waals surface area contributed by atoms with E-state index in [1.165, 1.54) is 11.1 Å². The highest BCUT2D eigenvalue weighted by molar-refractivity contribution is 6.04. The summed E-state index contributed by atoms with van der Waals surface area (Å²) in [6.07, 6.45) is 0.931. The van der Waals surface area contributed by atoms with E-state index in [2.05, 4.69) is 39.0 Å². The molecule has 4 rings (SSSR count). The van der Waals surface area contributed by atoms with Crippen molar-refractivity contribution in [3.05, 3.63) is 89.0 Å². The number of rotatable bonds is 5. The maximum Gasteiger partial charge on any atom is 0.323 e. The van der Waals surface area contributed by atoms with Crippen LogP contribution in [0.2, 0.25) is 0 Å². The van der Waals surface area contributed by atoms with Crippen LogP contribution in [0.4, 0.5) is 21.9 Å². The number of carbonyl (C=O) groups is 2. The van der Waals surface area contributed by atoms with Crippen molar-refractivity contribution in [3.63, 3.8) is 0 Å². The molecular formula is C27H30N4O2. The van der Waals surface area contributed by atoms with Gasteiger partial charge in [0.2, 0.25) is 0 Å². The molecule has 1 aliphatic heterocycles. The summed E-state index contributed by atoms with van der Waals surface area (Å²) in [6, 6.07) is 21.2. The largest absolute Gasteiger partial charge is 0.366 e. The fraction of sp³-hybridized carbons (Fsp3) is 0.259. The van der Waals surface area contributed by atoms with Gasteiger partial charge in [0.25, 0.3) is 5.91 Å². The van der Waals surface area contributed by atoms with E-state index in [0.29, 0.717) is 16.9 Å². The zero-order chi connectivity index (χ0) is 23.4. The van der Waals surface area contributed by atoms with Gasteiger partial charge in [-0.3, -0.25) is 4.79 Å². The van der Waals surface area contributed by atoms with Crippen molar-refractivity contribution < 1.29 is 9.59 Å². The van der Waals surface area contributed by atoms with Gasteiger partial charge in [0.05, 0.1) is 5.56 Å². The molecule has 3 amide bonds. The molecule has 0 saturated carbocycles. The average Bonchev–Trinajstić information content (AvgIpc) is 2.80. The molecule has 0 saturated heterocycles. The average molecular weight is 443 g/mol. The molecule has 0 unspecified atom stereocenters. The highest BCUT2D eigenvalue weighted by atomic mass is 16.2. The smallest absolute Gasteiger partial charge is 0.323 e. The lowest BCUT2D eigenvalue weighted by atomic mass is 9.98. The monoisotopic (exact) mass is 442 g/mol. The van der Waals surface area contributed by atoms with E-state index in [9.17, 15) is 9.59 Å². The Labute approximate surface area is 195 Å². The Morgan fingerprint density at radius 3 is 2.27 bits per heavy atom. The third-order valence-electron chi connectivity index (χ3n) is 5.70. The van der Waals surface area contributed by atoms with Crippen LogP contribution in [0.3, 0.4) is 0 Å². The molecule has 3 N–H and O–H groups in total. The van der Waals surface area contributed by atoms with Crippen LogP contribution < -0.4 is 20.9 Å². The molecule has 0 fully saturated rings. The molecule has 6 heteroatoms. The van der Waals surface area contributed by atoms with E-state index in [4.69, 9.17) is 0 Å². The van der Waals surface area contributed by atoms with Gasteiger partial charge >= 0.3 is 6.03 Å². The summed E-state index contributed by atoms with van der Waals surface area (Å²) in [5, 5.41) is 8.67. The minimum absolute atomic E-state index is 0.00823. The van der Waals surface area contributed by atoms with Crippen LogP contribution in [-0.4, -0.2) is 24.5 Å². The summed E-state index contributed by atoms with van der Waals surface area (Å²) in [4.78, 5) is 27.8. The van der Waals surface area contributed by atoms with Gasteiger partial charge in [0, 0.05) is 36.2 Å². The first-order valence-electron chi connectivity index (χ1n) is 11.3. The Hall–Kier alpha value is -3.80. The summed E-state index contributed by atoms with van der Waals surface area (Å²) in [5.41, 5.74) is 6.45.